The number of unbranched alkanes of at least 4 members (excludes halogenated alkanes) is 1. The van der Waals surface area contributed by atoms with Gasteiger partial charge in [0.2, 0.25) is 18.1 Å². The van der Waals surface area contributed by atoms with Gasteiger partial charge in [0.05, 0.1) is 50.2 Å². The summed E-state index contributed by atoms with van der Waals surface area (Å²) in [5.41, 5.74) is 14.9. The van der Waals surface area contributed by atoms with Gasteiger partial charge < -0.3 is 59.7 Å². The first-order valence-electron chi connectivity index (χ1n) is 21.1. The summed E-state index contributed by atoms with van der Waals surface area (Å²) in [5.74, 6) is -0.547. The molecule has 0 aliphatic carbocycles. The Balaban J connectivity index is 1.68. The van der Waals surface area contributed by atoms with Crippen LogP contribution in [-0.4, -0.2) is 127 Å². The van der Waals surface area contributed by atoms with Gasteiger partial charge in [-0.3, -0.25) is 9.59 Å². The highest BCUT2D eigenvalue weighted by Crippen LogP contribution is 2.37. The van der Waals surface area contributed by atoms with Crippen LogP contribution in [0.2, 0.25) is 0 Å². The Hall–Kier alpha value is -3.99. The molecule has 15 nitrogen and oxygen atoms in total. The van der Waals surface area contributed by atoms with Gasteiger partial charge in [0.15, 0.2) is 0 Å². The number of hydrogen-bond donors (Lipinski definition) is 3. The van der Waals surface area contributed by atoms with Gasteiger partial charge in [-0.2, -0.15) is 0 Å². The molecule has 0 spiro atoms. The van der Waals surface area contributed by atoms with Gasteiger partial charge in [0.25, 0.3) is 0 Å². The third-order valence-corrected chi connectivity index (χ3v) is 10.7. The van der Waals surface area contributed by atoms with Crippen LogP contribution >= 0.6 is 0 Å². The number of likely N-dealkylation sites (tertiary alicyclic amines) is 1. The third kappa shape index (κ3) is 14.0. The Bertz CT molecular complexity index is 1590. The molecule has 2 aromatic carbocycles. The van der Waals surface area contributed by atoms with Crippen LogP contribution in [0.5, 0.6) is 11.5 Å². The van der Waals surface area contributed by atoms with Gasteiger partial charge >= 0.3 is 5.97 Å². The predicted molar refractivity (Wildman–Crippen MR) is 225 cm³/mol. The Morgan fingerprint density at radius 3 is 2.27 bits per heavy atom. The van der Waals surface area contributed by atoms with Crippen LogP contribution in [0.3, 0.4) is 0 Å². The number of ether oxygens (including phenoxy) is 7. The number of hydrogen-bond acceptors (Lipinski definition) is 13. The number of carbonyl (C=O) groups excluding carboxylic acids is 3. The van der Waals surface area contributed by atoms with Crippen molar-refractivity contribution in [3.05, 3.63) is 53.6 Å². The summed E-state index contributed by atoms with van der Waals surface area (Å²) < 4.78 is 42.1. The van der Waals surface area contributed by atoms with E-state index in [1.54, 1.807) is 19.1 Å². The van der Waals surface area contributed by atoms with Gasteiger partial charge in [0, 0.05) is 59.4 Å². The second kappa shape index (κ2) is 24.3. The SMILES string of the molecule is CC[C@@H](OC(=O)[C@H](NC(=O)CN)C(C)C)O[C@@H]1CN(C(=O)[C@@H](N)C(C)C)C[C@H](OCc2ccc3c(c2)N(CCCOC)CCO3)[C@H]1c1ccc(OCCCCOC)cc1. The maximum absolute atomic E-state index is 14.0. The Morgan fingerprint density at radius 2 is 1.61 bits per heavy atom. The molecule has 59 heavy (non-hydrogen) atoms. The van der Waals surface area contributed by atoms with E-state index in [9.17, 15) is 14.4 Å². The van der Waals surface area contributed by atoms with E-state index in [1.165, 1.54) is 0 Å². The minimum Gasteiger partial charge on any atom is -0.494 e. The van der Waals surface area contributed by atoms with E-state index in [2.05, 4.69) is 16.3 Å². The standard InChI is InChI=1S/C44H69N5O10/c1-8-39(59-44(52)42(30(4)5)47-38(50)25-45)58-37-27-49(43(51)41(46)29(2)3)26-36(40(37)32-13-15-33(16-14-32)55-22-10-9-20-53-6)57-28-31-12-17-35-34(24-31)48(19-23-56-35)18-11-21-54-7/h12-17,24,29-30,36-37,39-42H,8-11,18-23,25-28,45-46H2,1-7H3,(H,47,50)/t36-,37+,39+,40+,41-,42+/m0/s1. The predicted octanol–water partition coefficient (Wildman–Crippen LogP) is 3.99. The van der Waals surface area contributed by atoms with Crippen LogP contribution in [0.1, 0.15) is 77.3 Å². The quantitative estimate of drug-likeness (QED) is 0.0785. The van der Waals surface area contributed by atoms with Crippen LogP contribution < -0.4 is 31.2 Å². The second-order valence-corrected chi connectivity index (χ2v) is 15.9. The molecule has 6 atom stereocenters. The number of anilines is 1. The molecule has 2 heterocycles. The molecule has 0 bridgehead atoms. The number of benzene rings is 2. The lowest BCUT2D eigenvalue weighted by Gasteiger charge is -2.45. The maximum atomic E-state index is 14.0. The summed E-state index contributed by atoms with van der Waals surface area (Å²) in [4.78, 5) is 43.8. The number of piperidine rings is 1. The fraction of sp³-hybridized carbons (Fsp3) is 0.659. The molecule has 0 aromatic heterocycles. The molecule has 2 amide bonds. The second-order valence-electron chi connectivity index (χ2n) is 15.9. The highest BCUT2D eigenvalue weighted by Gasteiger charge is 2.44. The van der Waals surface area contributed by atoms with Crippen molar-refractivity contribution in [1.29, 1.82) is 0 Å². The molecule has 0 saturated carbocycles. The van der Waals surface area contributed by atoms with E-state index in [1.807, 2.05) is 71.0 Å². The van der Waals surface area contributed by atoms with Crippen LogP contribution in [0, 0.1) is 11.8 Å². The lowest BCUT2D eigenvalue weighted by Crippen LogP contribution is -2.59. The maximum Gasteiger partial charge on any atom is 0.331 e. The lowest BCUT2D eigenvalue weighted by molar-refractivity contribution is -0.209. The topological polar surface area (TPSA) is 186 Å². The Kier molecular flexibility index (Phi) is 19.6. The summed E-state index contributed by atoms with van der Waals surface area (Å²) in [6.07, 6.45) is 0.716. The van der Waals surface area contributed by atoms with Crippen LogP contribution in [0.15, 0.2) is 42.5 Å². The zero-order chi connectivity index (χ0) is 42.9. The largest absolute Gasteiger partial charge is 0.494 e. The van der Waals surface area contributed by atoms with E-state index in [0.29, 0.717) is 32.8 Å². The van der Waals surface area contributed by atoms with Crippen molar-refractivity contribution in [2.75, 3.05) is 78.3 Å². The number of rotatable bonds is 24. The number of amides is 2. The Labute approximate surface area is 350 Å². The molecule has 4 rings (SSSR count). The highest BCUT2D eigenvalue weighted by molar-refractivity contribution is 5.85. The van der Waals surface area contributed by atoms with Gasteiger partial charge in [-0.1, -0.05) is 52.8 Å². The number of carbonyl (C=O) groups is 3. The van der Waals surface area contributed by atoms with Crippen LogP contribution in [0.4, 0.5) is 5.69 Å². The zero-order valence-corrected chi connectivity index (χ0v) is 36.2. The number of nitrogens with one attached hydrogen (secondary N) is 1. The molecular weight excluding hydrogens is 759 g/mol. The first-order chi connectivity index (χ1) is 28.4. The van der Waals surface area contributed by atoms with Gasteiger partial charge in [-0.05, 0) is 66.5 Å². The Morgan fingerprint density at radius 1 is 0.915 bits per heavy atom. The van der Waals surface area contributed by atoms with E-state index in [0.717, 1.165) is 60.7 Å². The van der Waals surface area contributed by atoms with Crippen LogP contribution in [-0.2, 0) is 44.7 Å². The fourth-order valence-corrected chi connectivity index (χ4v) is 7.27. The first-order valence-corrected chi connectivity index (χ1v) is 21.1. The van der Waals surface area contributed by atoms with Crippen molar-refractivity contribution < 1.29 is 47.5 Å². The average Bonchev–Trinajstić information content (AvgIpc) is 3.23. The summed E-state index contributed by atoms with van der Waals surface area (Å²) in [7, 11) is 3.39. The summed E-state index contributed by atoms with van der Waals surface area (Å²) in [6, 6.07) is 12.3. The molecule has 15 heteroatoms. The van der Waals surface area contributed by atoms with E-state index >= 15 is 0 Å². The summed E-state index contributed by atoms with van der Waals surface area (Å²) >= 11 is 0. The monoisotopic (exact) mass is 828 g/mol. The van der Waals surface area contributed by atoms with Crippen molar-refractivity contribution >= 4 is 23.5 Å². The van der Waals surface area contributed by atoms with Crippen molar-refractivity contribution in [2.45, 2.75) is 103 Å². The van der Waals surface area contributed by atoms with Crippen molar-refractivity contribution in [3.8, 4) is 11.5 Å². The van der Waals surface area contributed by atoms with Crippen molar-refractivity contribution in [3.63, 3.8) is 0 Å². The van der Waals surface area contributed by atoms with E-state index < -0.39 is 48.4 Å². The number of esters is 1. The molecule has 1 saturated heterocycles. The van der Waals surface area contributed by atoms with E-state index in [-0.39, 0.29) is 44.0 Å². The fourth-order valence-electron chi connectivity index (χ4n) is 7.27. The smallest absolute Gasteiger partial charge is 0.331 e. The number of nitrogens with two attached hydrogens (primary N) is 2. The number of methoxy groups -OCH3 is 2. The molecule has 2 aliphatic rings. The number of nitrogens with zero attached hydrogens (tertiary/aromatic N) is 2. The summed E-state index contributed by atoms with van der Waals surface area (Å²) in [6.45, 7) is 13.8. The normalized spacial score (nSPS) is 19.5. The third-order valence-electron chi connectivity index (χ3n) is 10.7. The van der Waals surface area contributed by atoms with E-state index in [4.69, 9.17) is 44.6 Å². The zero-order valence-electron chi connectivity index (χ0n) is 36.2. The van der Waals surface area contributed by atoms with Gasteiger partial charge in [0.1, 0.15) is 24.1 Å². The molecule has 2 aromatic rings. The molecule has 0 unspecified atom stereocenters. The first kappa shape index (κ1) is 47.7. The van der Waals surface area contributed by atoms with Crippen molar-refractivity contribution in [1.82, 2.24) is 10.2 Å². The molecule has 2 aliphatic heterocycles. The average molecular weight is 828 g/mol. The highest BCUT2D eigenvalue weighted by atomic mass is 16.7. The minimum atomic E-state index is -1.00. The van der Waals surface area contributed by atoms with Crippen LogP contribution in [0.25, 0.3) is 0 Å². The molecule has 0 radical (unpaired) electrons. The molecular formula is C44H69N5O10. The molecule has 1 fully saturated rings. The number of fused-ring (bicyclic) bond motifs is 1. The molecule has 330 valence electrons. The van der Waals surface area contributed by atoms with Gasteiger partial charge in [-0.25, -0.2) is 4.79 Å². The minimum absolute atomic E-state index is 0.105. The molecule has 5 N–H and O–H groups in total. The van der Waals surface area contributed by atoms with Crippen molar-refractivity contribution in [2.24, 2.45) is 23.3 Å². The summed E-state index contributed by atoms with van der Waals surface area (Å²) in [5, 5.41) is 2.67. The lowest BCUT2D eigenvalue weighted by atomic mass is 9.83. The van der Waals surface area contributed by atoms with Gasteiger partial charge in [-0.15, -0.1) is 0 Å².